The number of hydrogen-bond acceptors (Lipinski definition) is 7. The second-order valence-corrected chi connectivity index (χ2v) is 8.06. The zero-order valence-electron chi connectivity index (χ0n) is 15.7. The molecule has 160 valence electrons. The predicted octanol–water partition coefficient (Wildman–Crippen LogP) is 0.616. The highest BCUT2D eigenvalue weighted by molar-refractivity contribution is 7.89. The lowest BCUT2D eigenvalue weighted by atomic mass is 10.1. The maximum Gasteiger partial charge on any atom is 0.317 e. The second kappa shape index (κ2) is 7.21. The van der Waals surface area contributed by atoms with Crippen LogP contribution in [0.1, 0.15) is 5.56 Å². The van der Waals surface area contributed by atoms with Gasteiger partial charge in [0.25, 0.3) is 0 Å². The highest BCUT2D eigenvalue weighted by Gasteiger charge is 2.20. The molecule has 1 aromatic carbocycles. The second-order valence-electron chi connectivity index (χ2n) is 6.50. The molecular weight excluding hydrogens is 436 g/mol. The normalized spacial score (nSPS) is 11.9. The van der Waals surface area contributed by atoms with Crippen LogP contribution in [0.3, 0.4) is 0 Å². The third kappa shape index (κ3) is 3.53. The summed E-state index contributed by atoms with van der Waals surface area (Å²) in [5.41, 5.74) is -2.32. The molecule has 3 aromatic heterocycles. The van der Waals surface area contributed by atoms with Crippen LogP contribution in [-0.2, 0) is 16.6 Å². The highest BCUT2D eigenvalue weighted by atomic mass is 32.2. The maximum absolute atomic E-state index is 14.6. The summed E-state index contributed by atoms with van der Waals surface area (Å²) in [6.45, 7) is -0.701. The first-order valence-corrected chi connectivity index (χ1v) is 10.1. The van der Waals surface area contributed by atoms with Gasteiger partial charge in [-0.05, 0) is 18.2 Å². The van der Waals surface area contributed by atoms with Crippen molar-refractivity contribution in [2.75, 3.05) is 7.11 Å². The van der Waals surface area contributed by atoms with E-state index in [9.17, 15) is 26.8 Å². The van der Waals surface area contributed by atoms with Crippen molar-refractivity contribution in [3.63, 3.8) is 0 Å². The third-order valence-electron chi connectivity index (χ3n) is 4.60. The molecule has 0 saturated heterocycles. The molecule has 0 aliphatic rings. The number of nitrogens with zero attached hydrogens (tertiary/aromatic N) is 3. The van der Waals surface area contributed by atoms with E-state index in [1.807, 2.05) is 0 Å². The first-order chi connectivity index (χ1) is 14.6. The number of nitrogens with two attached hydrogens (primary N) is 1. The van der Waals surface area contributed by atoms with E-state index in [-0.39, 0.29) is 22.6 Å². The van der Waals surface area contributed by atoms with Gasteiger partial charge in [-0.2, -0.15) is 4.98 Å². The van der Waals surface area contributed by atoms with Crippen molar-refractivity contribution in [2.45, 2.75) is 11.4 Å². The van der Waals surface area contributed by atoms with E-state index < -0.39 is 49.8 Å². The number of H-pyrrole nitrogens is 1. The molecule has 4 rings (SSSR count). The van der Waals surface area contributed by atoms with E-state index in [1.165, 1.54) is 25.4 Å². The van der Waals surface area contributed by atoms with Crippen LogP contribution in [0.4, 0.5) is 8.78 Å². The Hall–Kier alpha value is -3.71. The molecule has 0 spiro atoms. The van der Waals surface area contributed by atoms with Crippen molar-refractivity contribution in [1.29, 1.82) is 0 Å². The monoisotopic (exact) mass is 449 g/mol. The Kier molecular flexibility index (Phi) is 4.78. The van der Waals surface area contributed by atoms with Crippen molar-refractivity contribution in [3.05, 3.63) is 68.4 Å². The lowest BCUT2D eigenvalue weighted by Gasteiger charge is -2.13. The number of primary sulfonamides is 1. The zero-order valence-corrected chi connectivity index (χ0v) is 16.5. The van der Waals surface area contributed by atoms with Gasteiger partial charge in [-0.25, -0.2) is 27.3 Å². The Labute approximate surface area is 172 Å². The van der Waals surface area contributed by atoms with Crippen LogP contribution >= 0.6 is 0 Å². The van der Waals surface area contributed by atoms with Gasteiger partial charge in [-0.3, -0.25) is 14.2 Å². The van der Waals surface area contributed by atoms with Gasteiger partial charge in [-0.1, -0.05) is 0 Å². The Balaban J connectivity index is 2.02. The van der Waals surface area contributed by atoms with Gasteiger partial charge in [0.05, 0.1) is 35.8 Å². The summed E-state index contributed by atoms with van der Waals surface area (Å²) >= 11 is 0. The van der Waals surface area contributed by atoms with E-state index in [4.69, 9.17) is 9.88 Å². The quantitative estimate of drug-likeness (QED) is 0.342. The third-order valence-corrected chi connectivity index (χ3v) is 5.49. The number of pyridine rings is 2. The summed E-state index contributed by atoms with van der Waals surface area (Å²) in [7, 11) is -2.95. The minimum absolute atomic E-state index is 0.124. The molecule has 0 radical (unpaired) electrons. The molecule has 31 heavy (non-hydrogen) atoms. The molecular formula is C18H13F2N5O5S. The van der Waals surface area contributed by atoms with Crippen LogP contribution < -0.4 is 21.0 Å². The number of fused-ring (bicyclic) bond motifs is 3. The van der Waals surface area contributed by atoms with Crippen molar-refractivity contribution >= 4 is 32.1 Å². The van der Waals surface area contributed by atoms with Crippen molar-refractivity contribution < 1.29 is 21.9 Å². The van der Waals surface area contributed by atoms with E-state index in [0.29, 0.717) is 17.5 Å². The largest absolute Gasteiger partial charge is 0.481 e. The summed E-state index contributed by atoms with van der Waals surface area (Å²) in [6.07, 6.45) is 1.25. The molecule has 3 heterocycles. The molecule has 13 heteroatoms. The van der Waals surface area contributed by atoms with E-state index in [0.717, 1.165) is 4.57 Å². The van der Waals surface area contributed by atoms with Crippen molar-refractivity contribution in [2.24, 2.45) is 5.14 Å². The van der Waals surface area contributed by atoms with Gasteiger partial charge >= 0.3 is 11.1 Å². The lowest BCUT2D eigenvalue weighted by molar-refractivity contribution is 0.399. The average Bonchev–Trinajstić information content (AvgIpc) is 2.71. The average molecular weight is 449 g/mol. The van der Waals surface area contributed by atoms with Crippen LogP contribution in [0.5, 0.6) is 5.88 Å². The minimum Gasteiger partial charge on any atom is -0.481 e. The number of ether oxygens (including phenoxy) is 1. The van der Waals surface area contributed by atoms with E-state index in [1.54, 1.807) is 0 Å². The Bertz CT molecular complexity index is 1570. The zero-order chi connectivity index (χ0) is 22.5. The molecule has 0 aliphatic carbocycles. The number of hydrogen-bond donors (Lipinski definition) is 2. The standard InChI is InChI=1S/C18H13F2N5O5S/c1-30-14-3-2-9-15-13(6-22-16(9)24-14)23-17(26)18(27)25(15)7-10-11(19)4-8(5-12(10)20)31(21,28)29/h2-6H,7H2,1H3,(H,23,26)(H2,21,28,29). The Morgan fingerprint density at radius 1 is 1.19 bits per heavy atom. The van der Waals surface area contributed by atoms with Crippen LogP contribution in [0.2, 0.25) is 0 Å². The molecule has 3 N–H and O–H groups in total. The number of nitrogens with one attached hydrogen (secondary N) is 1. The van der Waals surface area contributed by atoms with Gasteiger partial charge in [0, 0.05) is 17.0 Å². The van der Waals surface area contributed by atoms with Gasteiger partial charge in [0.1, 0.15) is 11.6 Å². The number of sulfonamides is 1. The molecule has 10 nitrogen and oxygen atoms in total. The number of benzene rings is 1. The topological polar surface area (TPSA) is 150 Å². The van der Waals surface area contributed by atoms with Crippen molar-refractivity contribution in [1.82, 2.24) is 19.5 Å². The molecule has 0 saturated carbocycles. The van der Waals surface area contributed by atoms with Crippen LogP contribution in [0, 0.1) is 11.6 Å². The molecule has 0 unspecified atom stereocenters. The van der Waals surface area contributed by atoms with Crippen LogP contribution in [-0.4, -0.2) is 35.0 Å². The van der Waals surface area contributed by atoms with Gasteiger partial charge in [-0.15, -0.1) is 0 Å². The molecule has 4 aromatic rings. The number of rotatable bonds is 4. The summed E-state index contributed by atoms with van der Waals surface area (Å²) < 4.78 is 57.8. The van der Waals surface area contributed by atoms with Crippen LogP contribution in [0.15, 0.2) is 44.9 Å². The lowest BCUT2D eigenvalue weighted by Crippen LogP contribution is -2.37. The van der Waals surface area contributed by atoms with Crippen molar-refractivity contribution in [3.8, 4) is 5.88 Å². The van der Waals surface area contributed by atoms with E-state index in [2.05, 4.69) is 15.0 Å². The van der Waals surface area contributed by atoms with Gasteiger partial charge in [0.2, 0.25) is 15.9 Å². The molecule has 0 bridgehead atoms. The first kappa shape index (κ1) is 20.6. The number of methoxy groups -OCH3 is 1. The minimum atomic E-state index is -4.35. The highest BCUT2D eigenvalue weighted by Crippen LogP contribution is 2.24. The predicted molar refractivity (Wildman–Crippen MR) is 105 cm³/mol. The fourth-order valence-corrected chi connectivity index (χ4v) is 3.68. The van der Waals surface area contributed by atoms with Gasteiger partial charge < -0.3 is 9.72 Å². The smallest absolute Gasteiger partial charge is 0.317 e. The summed E-state index contributed by atoms with van der Waals surface area (Å²) in [5, 5.41) is 5.23. The summed E-state index contributed by atoms with van der Waals surface area (Å²) in [6, 6.07) is 4.10. The molecule has 0 fully saturated rings. The Morgan fingerprint density at radius 3 is 2.48 bits per heavy atom. The first-order valence-electron chi connectivity index (χ1n) is 8.57. The number of aromatic amines is 1. The fraction of sp³-hybridized carbons (Fsp3) is 0.111. The van der Waals surface area contributed by atoms with Gasteiger partial charge in [0.15, 0.2) is 5.65 Å². The fourth-order valence-electron chi connectivity index (χ4n) is 3.15. The number of halogens is 2. The van der Waals surface area contributed by atoms with E-state index >= 15 is 0 Å². The molecule has 0 amide bonds. The van der Waals surface area contributed by atoms with Crippen LogP contribution in [0.25, 0.3) is 22.1 Å². The Morgan fingerprint density at radius 2 is 1.87 bits per heavy atom. The number of aromatic nitrogens is 4. The SMILES string of the molecule is COc1ccc2c(ncc3[nH]c(=O)c(=O)n(Cc4c(F)cc(S(N)(=O)=O)cc4F)c32)n1. The summed E-state index contributed by atoms with van der Waals surface area (Å²) in [5.74, 6) is -2.25. The molecule has 0 aliphatic heterocycles. The molecule has 0 atom stereocenters. The maximum atomic E-state index is 14.6. The summed E-state index contributed by atoms with van der Waals surface area (Å²) in [4.78, 5) is 34.6.